The van der Waals surface area contributed by atoms with Crippen molar-refractivity contribution in [2.45, 2.75) is 13.1 Å². The molecule has 0 radical (unpaired) electrons. The summed E-state index contributed by atoms with van der Waals surface area (Å²) in [5.74, 6) is -1.44. The molecule has 2 rings (SSSR count). The second-order valence-corrected chi connectivity index (χ2v) is 4.81. The van der Waals surface area contributed by atoms with Crippen molar-refractivity contribution in [2.75, 3.05) is 0 Å². The third-order valence-corrected chi connectivity index (χ3v) is 3.06. The highest BCUT2D eigenvalue weighted by Crippen LogP contribution is 2.36. The summed E-state index contributed by atoms with van der Waals surface area (Å²) >= 11 is 0. The fourth-order valence-electron chi connectivity index (χ4n) is 1.82. The number of hydrogen-bond acceptors (Lipinski definition) is 3. The molecule has 120 valence electrons. The van der Waals surface area contributed by atoms with Crippen LogP contribution in [-0.4, -0.2) is 17.2 Å². The number of hydrazone groups is 1. The summed E-state index contributed by atoms with van der Waals surface area (Å²) in [5.41, 5.74) is 2.23. The molecule has 0 unspecified atom stereocenters. The minimum Gasteiger partial charge on any atom is -0.507 e. The van der Waals surface area contributed by atoms with Crippen molar-refractivity contribution in [3.63, 3.8) is 0 Å². The van der Waals surface area contributed by atoms with Gasteiger partial charge in [-0.15, -0.1) is 0 Å². The number of rotatable bonds is 3. The number of nitrogens with one attached hydrogen (secondary N) is 1. The van der Waals surface area contributed by atoms with Gasteiger partial charge in [0.1, 0.15) is 5.75 Å². The van der Waals surface area contributed by atoms with Gasteiger partial charge >= 0.3 is 6.18 Å². The molecule has 0 fully saturated rings. The fraction of sp³-hybridized carbons (Fsp3) is 0.125. The van der Waals surface area contributed by atoms with Crippen molar-refractivity contribution in [3.8, 4) is 5.75 Å². The number of halogens is 3. The van der Waals surface area contributed by atoms with Gasteiger partial charge in [-0.2, -0.15) is 18.3 Å². The Balaban J connectivity index is 2.12. The van der Waals surface area contributed by atoms with Crippen molar-refractivity contribution in [2.24, 2.45) is 5.10 Å². The van der Waals surface area contributed by atoms with Gasteiger partial charge in [0, 0.05) is 11.1 Å². The van der Waals surface area contributed by atoms with E-state index in [1.54, 1.807) is 24.3 Å². The van der Waals surface area contributed by atoms with E-state index in [2.05, 4.69) is 10.5 Å². The summed E-state index contributed by atoms with van der Waals surface area (Å²) in [6.07, 6.45) is -3.71. The number of benzene rings is 2. The maximum atomic E-state index is 12.7. The number of alkyl halides is 3. The topological polar surface area (TPSA) is 61.7 Å². The van der Waals surface area contributed by atoms with Crippen LogP contribution in [0, 0.1) is 6.92 Å². The Hall–Kier alpha value is -2.83. The van der Waals surface area contributed by atoms with Crippen LogP contribution in [0.2, 0.25) is 0 Å². The summed E-state index contributed by atoms with van der Waals surface area (Å²) in [6.45, 7) is 1.87. The zero-order valence-corrected chi connectivity index (χ0v) is 12.1. The second-order valence-electron chi connectivity index (χ2n) is 4.81. The highest BCUT2D eigenvalue weighted by Gasteiger charge is 2.34. The van der Waals surface area contributed by atoms with E-state index in [9.17, 15) is 23.1 Å². The number of aryl methyl sites for hydroxylation is 1. The Labute approximate surface area is 130 Å². The number of nitrogens with zero attached hydrogens (tertiary/aromatic N) is 1. The number of para-hydroxylation sites is 1. The van der Waals surface area contributed by atoms with Crippen LogP contribution in [0.1, 0.15) is 27.0 Å². The zero-order chi connectivity index (χ0) is 17.0. The molecular weight excluding hydrogens is 309 g/mol. The van der Waals surface area contributed by atoms with Gasteiger partial charge in [-0.1, -0.05) is 23.8 Å². The van der Waals surface area contributed by atoms with Crippen molar-refractivity contribution < 1.29 is 23.1 Å². The van der Waals surface area contributed by atoms with E-state index >= 15 is 0 Å². The molecule has 0 saturated carbocycles. The van der Waals surface area contributed by atoms with E-state index in [1.165, 1.54) is 6.07 Å². The number of phenols is 1. The molecule has 1 amide bonds. The normalized spacial score (nSPS) is 11.7. The predicted octanol–water partition coefficient (Wildman–Crippen LogP) is 3.48. The van der Waals surface area contributed by atoms with Crippen LogP contribution in [0.25, 0.3) is 0 Å². The Morgan fingerprint density at radius 3 is 2.43 bits per heavy atom. The van der Waals surface area contributed by atoms with E-state index in [0.29, 0.717) is 5.56 Å². The molecular formula is C16H13F3N2O2. The lowest BCUT2D eigenvalue weighted by molar-refractivity contribution is -0.138. The van der Waals surface area contributed by atoms with Crippen molar-refractivity contribution in [3.05, 3.63) is 64.7 Å². The Bertz CT molecular complexity index is 738. The smallest absolute Gasteiger partial charge is 0.419 e. The van der Waals surface area contributed by atoms with Crippen molar-refractivity contribution in [1.82, 2.24) is 5.43 Å². The molecule has 23 heavy (non-hydrogen) atoms. The summed E-state index contributed by atoms with van der Waals surface area (Å²) < 4.78 is 38.0. The molecule has 0 saturated heterocycles. The molecule has 0 aliphatic carbocycles. The Kier molecular flexibility index (Phi) is 4.68. The maximum absolute atomic E-state index is 12.7. The number of aromatic hydroxyl groups is 1. The van der Waals surface area contributed by atoms with Gasteiger partial charge in [0.05, 0.1) is 11.8 Å². The highest BCUT2D eigenvalue weighted by atomic mass is 19.4. The summed E-state index contributed by atoms with van der Waals surface area (Å²) in [4.78, 5) is 11.8. The summed E-state index contributed by atoms with van der Waals surface area (Å²) in [5, 5.41) is 13.2. The highest BCUT2D eigenvalue weighted by molar-refractivity contribution is 5.95. The molecule has 2 N–H and O–H groups in total. The van der Waals surface area contributed by atoms with Crippen LogP contribution < -0.4 is 5.43 Å². The molecule has 0 aliphatic rings. The molecule has 0 spiro atoms. The van der Waals surface area contributed by atoms with Crippen LogP contribution in [0.4, 0.5) is 13.2 Å². The third kappa shape index (κ3) is 4.09. The van der Waals surface area contributed by atoms with E-state index in [4.69, 9.17) is 0 Å². The first kappa shape index (κ1) is 16.5. The van der Waals surface area contributed by atoms with Crippen LogP contribution in [-0.2, 0) is 6.18 Å². The van der Waals surface area contributed by atoms with E-state index < -0.39 is 23.4 Å². The lowest BCUT2D eigenvalue weighted by Gasteiger charge is -2.10. The third-order valence-electron chi connectivity index (χ3n) is 3.06. The van der Waals surface area contributed by atoms with Crippen LogP contribution in [0.5, 0.6) is 5.75 Å². The molecule has 0 aliphatic heterocycles. The second kappa shape index (κ2) is 6.51. The summed E-state index contributed by atoms with van der Waals surface area (Å²) in [6, 6.07) is 9.85. The van der Waals surface area contributed by atoms with Gasteiger partial charge in [-0.3, -0.25) is 4.79 Å². The SMILES string of the molecule is Cc1ccc(C(=O)NN=Cc2cccc(C(F)(F)F)c2O)cc1. The predicted molar refractivity (Wildman–Crippen MR) is 79.3 cm³/mol. The van der Waals surface area contributed by atoms with Crippen molar-refractivity contribution in [1.29, 1.82) is 0 Å². The monoisotopic (exact) mass is 322 g/mol. The van der Waals surface area contributed by atoms with E-state index in [1.807, 2.05) is 6.92 Å². The molecule has 2 aromatic rings. The Morgan fingerprint density at radius 2 is 1.83 bits per heavy atom. The molecule has 2 aromatic carbocycles. The van der Waals surface area contributed by atoms with Crippen LogP contribution >= 0.6 is 0 Å². The first-order valence-electron chi connectivity index (χ1n) is 6.58. The minimum absolute atomic E-state index is 0.149. The standard InChI is InChI=1S/C16H13F3N2O2/c1-10-5-7-11(8-6-10)15(23)21-20-9-12-3-2-4-13(14(12)22)16(17,18)19/h2-9,22H,1H3,(H,21,23). The van der Waals surface area contributed by atoms with E-state index in [0.717, 1.165) is 23.9 Å². The largest absolute Gasteiger partial charge is 0.507 e. The lowest BCUT2D eigenvalue weighted by Crippen LogP contribution is -2.17. The van der Waals surface area contributed by atoms with Crippen LogP contribution in [0.15, 0.2) is 47.6 Å². The zero-order valence-electron chi connectivity index (χ0n) is 12.1. The van der Waals surface area contributed by atoms with Gasteiger partial charge in [-0.05, 0) is 31.2 Å². The minimum atomic E-state index is -4.67. The molecule has 0 atom stereocenters. The van der Waals surface area contributed by atoms with Gasteiger partial charge in [0.25, 0.3) is 5.91 Å². The van der Waals surface area contributed by atoms with Gasteiger partial charge in [-0.25, -0.2) is 5.43 Å². The Morgan fingerprint density at radius 1 is 1.17 bits per heavy atom. The van der Waals surface area contributed by atoms with Gasteiger partial charge in [0.15, 0.2) is 0 Å². The first-order valence-corrected chi connectivity index (χ1v) is 6.58. The molecule has 0 heterocycles. The lowest BCUT2D eigenvalue weighted by atomic mass is 10.1. The number of phenolic OH excluding ortho intramolecular Hbond substituents is 1. The van der Waals surface area contributed by atoms with Gasteiger partial charge in [0.2, 0.25) is 0 Å². The number of hydrogen-bond donors (Lipinski definition) is 2. The molecule has 7 heteroatoms. The molecule has 0 bridgehead atoms. The van der Waals surface area contributed by atoms with E-state index in [-0.39, 0.29) is 5.56 Å². The quantitative estimate of drug-likeness (QED) is 0.671. The average Bonchev–Trinajstić information content (AvgIpc) is 2.48. The average molecular weight is 322 g/mol. The maximum Gasteiger partial charge on any atom is 0.419 e. The van der Waals surface area contributed by atoms with Crippen LogP contribution in [0.3, 0.4) is 0 Å². The summed E-state index contributed by atoms with van der Waals surface area (Å²) in [7, 11) is 0. The van der Waals surface area contributed by atoms with Crippen molar-refractivity contribution >= 4 is 12.1 Å². The molecule has 4 nitrogen and oxygen atoms in total. The first-order chi connectivity index (χ1) is 10.8. The number of amides is 1. The number of carbonyl (C=O) groups excluding carboxylic acids is 1. The van der Waals surface area contributed by atoms with Gasteiger partial charge < -0.3 is 5.11 Å². The fourth-order valence-corrected chi connectivity index (χ4v) is 1.82. The molecule has 0 aromatic heterocycles. The number of carbonyl (C=O) groups is 1.